The number of rotatable bonds is 10. The standard InChI is InChI=1S/C16H14O2.C10H14O2.C9H12O.C6H10O2/c1-11(17)18-10-16-14-8-4-2-6-12(14)13-7-3-5-9-15(13)16;1-4-8-5-6-9(11-2)10(7-8)12-3;1-3-8-4-6-9(10-2)7-5-8;1-5(7)3-4-6(2)8/h2-9,16H,10H2,1H3;5-7H,4H2,1-3H3;4-7H,3H2,1-2H3;3-4H2,1-2H3. The zero-order valence-corrected chi connectivity index (χ0v) is 29.6. The van der Waals surface area contributed by atoms with Crippen LogP contribution in [0.3, 0.4) is 0 Å². The Morgan fingerprint density at radius 2 is 1.06 bits per heavy atom. The van der Waals surface area contributed by atoms with E-state index < -0.39 is 0 Å². The average molecular weight is 655 g/mol. The number of hydrogen-bond acceptors (Lipinski definition) is 7. The molecule has 0 unspecified atom stereocenters. The predicted octanol–water partition coefficient (Wildman–Crippen LogP) is 8.83. The molecule has 0 aliphatic heterocycles. The van der Waals surface area contributed by atoms with Gasteiger partial charge in [-0.25, -0.2) is 0 Å². The lowest BCUT2D eigenvalue weighted by molar-refractivity contribution is -0.141. The van der Waals surface area contributed by atoms with Gasteiger partial charge in [-0.1, -0.05) is 80.6 Å². The third-order valence-electron chi connectivity index (χ3n) is 7.67. The number of fused-ring (bicyclic) bond motifs is 3. The van der Waals surface area contributed by atoms with Crippen molar-refractivity contribution in [2.45, 2.75) is 66.2 Å². The second-order valence-electron chi connectivity index (χ2n) is 11.2. The molecule has 0 N–H and O–H groups in total. The molecule has 0 spiro atoms. The molecule has 7 nitrogen and oxygen atoms in total. The Morgan fingerprint density at radius 3 is 1.48 bits per heavy atom. The van der Waals surface area contributed by atoms with E-state index >= 15 is 0 Å². The molecule has 0 radical (unpaired) electrons. The van der Waals surface area contributed by atoms with E-state index in [1.165, 1.54) is 54.2 Å². The van der Waals surface area contributed by atoms with Crippen molar-refractivity contribution in [1.29, 1.82) is 0 Å². The minimum Gasteiger partial charge on any atom is -0.497 e. The van der Waals surface area contributed by atoms with E-state index in [0.717, 1.165) is 30.1 Å². The summed E-state index contributed by atoms with van der Waals surface area (Å²) < 4.78 is 20.5. The molecule has 256 valence electrons. The summed E-state index contributed by atoms with van der Waals surface area (Å²) in [6.45, 7) is 9.10. The lowest BCUT2D eigenvalue weighted by atomic mass is 9.98. The summed E-state index contributed by atoms with van der Waals surface area (Å²) in [5, 5.41) is 0. The number of Topliss-reactive ketones (excluding diaryl/α,β-unsaturated/α-hetero) is 2. The second kappa shape index (κ2) is 21.1. The number of methoxy groups -OCH3 is 3. The first-order chi connectivity index (χ1) is 23.1. The highest BCUT2D eigenvalue weighted by molar-refractivity contribution is 5.83. The van der Waals surface area contributed by atoms with Crippen LogP contribution < -0.4 is 14.2 Å². The van der Waals surface area contributed by atoms with Crippen LogP contribution in [0.1, 0.15) is 75.6 Å². The summed E-state index contributed by atoms with van der Waals surface area (Å²) in [4.78, 5) is 31.4. The maximum Gasteiger partial charge on any atom is 0.302 e. The van der Waals surface area contributed by atoms with Gasteiger partial charge in [-0.2, -0.15) is 0 Å². The van der Waals surface area contributed by atoms with Crippen LogP contribution in [-0.4, -0.2) is 45.5 Å². The first kappa shape index (κ1) is 39.3. The van der Waals surface area contributed by atoms with Gasteiger partial charge in [0.1, 0.15) is 23.9 Å². The molecule has 0 aromatic heterocycles. The molecule has 0 heterocycles. The highest BCUT2D eigenvalue weighted by atomic mass is 16.5. The fraction of sp³-hybridized carbons (Fsp3) is 0.341. The van der Waals surface area contributed by atoms with Crippen LogP contribution in [0.15, 0.2) is 91.0 Å². The number of ketones is 2. The van der Waals surface area contributed by atoms with Crippen molar-refractivity contribution in [3.63, 3.8) is 0 Å². The van der Waals surface area contributed by atoms with Crippen molar-refractivity contribution in [1.82, 2.24) is 0 Å². The van der Waals surface area contributed by atoms with E-state index in [0.29, 0.717) is 19.4 Å². The number of carbonyl (C=O) groups excluding carboxylic acids is 3. The van der Waals surface area contributed by atoms with Crippen molar-refractivity contribution >= 4 is 17.5 Å². The van der Waals surface area contributed by atoms with Crippen LogP contribution in [0.2, 0.25) is 0 Å². The summed E-state index contributed by atoms with van der Waals surface area (Å²) >= 11 is 0. The van der Waals surface area contributed by atoms with Crippen LogP contribution >= 0.6 is 0 Å². The van der Waals surface area contributed by atoms with Crippen molar-refractivity contribution in [3.8, 4) is 28.4 Å². The Morgan fingerprint density at radius 1 is 0.583 bits per heavy atom. The average Bonchev–Trinajstić information content (AvgIpc) is 3.43. The monoisotopic (exact) mass is 654 g/mol. The number of ether oxygens (including phenoxy) is 4. The lowest BCUT2D eigenvalue weighted by Crippen LogP contribution is -2.09. The van der Waals surface area contributed by atoms with E-state index in [9.17, 15) is 14.4 Å². The van der Waals surface area contributed by atoms with E-state index in [4.69, 9.17) is 18.9 Å². The molecule has 0 saturated carbocycles. The molecule has 48 heavy (non-hydrogen) atoms. The zero-order chi connectivity index (χ0) is 35.5. The molecule has 1 aliphatic rings. The molecule has 4 aromatic carbocycles. The maximum absolute atomic E-state index is 11.0. The van der Waals surface area contributed by atoms with Crippen molar-refractivity contribution in [3.05, 3.63) is 113 Å². The molecule has 0 fully saturated rings. The SMILES string of the molecule is CC(=O)CCC(C)=O.CC(=O)OCC1c2ccccc2-c2ccccc21.CCc1ccc(OC)c(OC)c1.CCc1ccc(OC)cc1. The summed E-state index contributed by atoms with van der Waals surface area (Å²) in [5.41, 5.74) is 7.61. The predicted molar refractivity (Wildman–Crippen MR) is 192 cm³/mol. The number of esters is 1. The molecule has 5 rings (SSSR count). The highest BCUT2D eigenvalue weighted by Gasteiger charge is 2.28. The Bertz CT molecular complexity index is 1510. The molecule has 0 saturated heterocycles. The minimum atomic E-state index is -0.225. The lowest BCUT2D eigenvalue weighted by Gasteiger charge is -2.12. The Balaban J connectivity index is 0.000000235. The minimum absolute atomic E-state index is 0.0835. The summed E-state index contributed by atoms with van der Waals surface area (Å²) in [6, 6.07) is 30.7. The Kier molecular flexibility index (Phi) is 17.2. The molecular formula is C41H50O7. The molecule has 4 aromatic rings. The first-order valence-electron chi connectivity index (χ1n) is 16.2. The smallest absolute Gasteiger partial charge is 0.302 e. The Labute approximate surface area is 286 Å². The van der Waals surface area contributed by atoms with Gasteiger partial charge in [0.05, 0.1) is 21.3 Å². The maximum atomic E-state index is 11.0. The number of hydrogen-bond donors (Lipinski definition) is 0. The fourth-order valence-corrected chi connectivity index (χ4v) is 4.95. The second-order valence-corrected chi connectivity index (χ2v) is 11.2. The van der Waals surface area contributed by atoms with Crippen molar-refractivity contribution < 1.29 is 33.3 Å². The molecular weight excluding hydrogens is 604 g/mol. The van der Waals surface area contributed by atoms with E-state index in [2.05, 4.69) is 50.2 Å². The topological polar surface area (TPSA) is 88.1 Å². The zero-order valence-electron chi connectivity index (χ0n) is 29.6. The van der Waals surface area contributed by atoms with Gasteiger partial charge in [0.2, 0.25) is 0 Å². The van der Waals surface area contributed by atoms with Crippen molar-refractivity contribution in [2.75, 3.05) is 27.9 Å². The fourth-order valence-electron chi connectivity index (χ4n) is 4.95. The normalized spacial score (nSPS) is 10.7. The van der Waals surface area contributed by atoms with Gasteiger partial charge < -0.3 is 28.5 Å². The van der Waals surface area contributed by atoms with Crippen LogP contribution in [0.5, 0.6) is 17.2 Å². The van der Waals surface area contributed by atoms with Crippen LogP contribution in [0, 0.1) is 0 Å². The van der Waals surface area contributed by atoms with Crippen LogP contribution in [-0.2, 0) is 32.0 Å². The third-order valence-corrected chi connectivity index (χ3v) is 7.67. The molecule has 0 amide bonds. The largest absolute Gasteiger partial charge is 0.497 e. The van der Waals surface area contributed by atoms with Gasteiger partial charge in [-0.15, -0.1) is 0 Å². The number of aryl methyl sites for hydroxylation is 2. The third kappa shape index (κ3) is 12.7. The van der Waals surface area contributed by atoms with E-state index in [-0.39, 0.29) is 23.5 Å². The highest BCUT2D eigenvalue weighted by Crippen LogP contribution is 2.44. The van der Waals surface area contributed by atoms with Gasteiger partial charge in [0.15, 0.2) is 11.5 Å². The van der Waals surface area contributed by atoms with Gasteiger partial charge in [-0.05, 0) is 84.3 Å². The summed E-state index contributed by atoms with van der Waals surface area (Å²) in [7, 11) is 4.97. The molecule has 0 atom stereocenters. The van der Waals surface area contributed by atoms with Crippen LogP contribution in [0.4, 0.5) is 0 Å². The number of carbonyl (C=O) groups is 3. The van der Waals surface area contributed by atoms with E-state index in [1.807, 2.05) is 54.6 Å². The van der Waals surface area contributed by atoms with Gasteiger partial charge in [0, 0.05) is 25.7 Å². The summed E-state index contributed by atoms with van der Waals surface area (Å²) in [6.07, 6.45) is 2.90. The first-order valence-corrected chi connectivity index (χ1v) is 16.2. The molecule has 7 heteroatoms. The van der Waals surface area contributed by atoms with Gasteiger partial charge >= 0.3 is 5.97 Å². The van der Waals surface area contributed by atoms with E-state index in [1.54, 1.807) is 21.3 Å². The van der Waals surface area contributed by atoms with Crippen molar-refractivity contribution in [2.24, 2.45) is 0 Å². The van der Waals surface area contributed by atoms with Gasteiger partial charge in [0.25, 0.3) is 0 Å². The van der Waals surface area contributed by atoms with Gasteiger partial charge in [-0.3, -0.25) is 4.79 Å². The molecule has 1 aliphatic carbocycles. The summed E-state index contributed by atoms with van der Waals surface area (Å²) in [5.74, 6) is 2.63. The Hall–Kier alpha value is -4.91. The quantitative estimate of drug-likeness (QED) is 0.158. The number of benzene rings is 4. The molecule has 0 bridgehead atoms. The van der Waals surface area contributed by atoms with Crippen LogP contribution in [0.25, 0.3) is 11.1 Å².